The van der Waals surface area contributed by atoms with Gasteiger partial charge in [-0.1, -0.05) is 18.8 Å². The van der Waals surface area contributed by atoms with Crippen molar-refractivity contribution in [2.75, 3.05) is 19.7 Å². The van der Waals surface area contributed by atoms with Crippen molar-refractivity contribution in [3.63, 3.8) is 0 Å². The second-order valence-electron chi connectivity index (χ2n) is 4.73. The molecule has 96 valence electrons. The SMILES string of the molecule is Cc1cc(C(=O)N2CCC(C)C2)sc1C#CCO. The molecule has 1 N–H and O–H groups in total. The highest BCUT2D eigenvalue weighted by Crippen LogP contribution is 2.25. The van der Waals surface area contributed by atoms with Crippen molar-refractivity contribution in [3.8, 4) is 11.8 Å². The smallest absolute Gasteiger partial charge is 0.263 e. The van der Waals surface area contributed by atoms with Gasteiger partial charge in [0.15, 0.2) is 0 Å². The van der Waals surface area contributed by atoms with Crippen LogP contribution in [0.5, 0.6) is 0 Å². The van der Waals surface area contributed by atoms with Gasteiger partial charge >= 0.3 is 0 Å². The molecule has 0 aromatic carbocycles. The summed E-state index contributed by atoms with van der Waals surface area (Å²) in [6, 6.07) is 1.90. The number of rotatable bonds is 1. The van der Waals surface area contributed by atoms with Crippen LogP contribution in [0.2, 0.25) is 0 Å². The molecule has 1 unspecified atom stereocenters. The third kappa shape index (κ3) is 2.74. The molecule has 2 heterocycles. The molecule has 1 atom stereocenters. The lowest BCUT2D eigenvalue weighted by Gasteiger charge is -2.14. The Labute approximate surface area is 111 Å². The Bertz CT molecular complexity index is 510. The molecule has 0 spiro atoms. The topological polar surface area (TPSA) is 40.5 Å². The fourth-order valence-electron chi connectivity index (χ4n) is 2.11. The number of nitrogens with zero attached hydrogens (tertiary/aromatic N) is 1. The molecule has 0 aliphatic carbocycles. The molecule has 0 radical (unpaired) electrons. The van der Waals surface area contributed by atoms with Crippen molar-refractivity contribution in [3.05, 3.63) is 21.4 Å². The van der Waals surface area contributed by atoms with E-state index in [2.05, 4.69) is 18.8 Å². The van der Waals surface area contributed by atoms with E-state index in [-0.39, 0.29) is 12.5 Å². The number of hydrogen-bond donors (Lipinski definition) is 1. The molecular weight excluding hydrogens is 246 g/mol. The summed E-state index contributed by atoms with van der Waals surface area (Å²) in [7, 11) is 0. The minimum absolute atomic E-state index is 0.115. The van der Waals surface area contributed by atoms with Crippen molar-refractivity contribution < 1.29 is 9.90 Å². The lowest BCUT2D eigenvalue weighted by Crippen LogP contribution is -2.27. The van der Waals surface area contributed by atoms with E-state index in [1.807, 2.05) is 17.9 Å². The molecule has 1 aliphatic heterocycles. The van der Waals surface area contributed by atoms with Crippen LogP contribution in [0.1, 0.15) is 33.5 Å². The number of carbonyl (C=O) groups excluding carboxylic acids is 1. The number of hydrogen-bond acceptors (Lipinski definition) is 3. The van der Waals surface area contributed by atoms with Crippen LogP contribution in [0.15, 0.2) is 6.07 Å². The van der Waals surface area contributed by atoms with Gasteiger partial charge in [0.1, 0.15) is 6.61 Å². The zero-order valence-electron chi connectivity index (χ0n) is 10.7. The van der Waals surface area contributed by atoms with Gasteiger partial charge in [0.2, 0.25) is 0 Å². The maximum atomic E-state index is 12.3. The second-order valence-corrected chi connectivity index (χ2v) is 5.78. The molecule has 4 heteroatoms. The average Bonchev–Trinajstić information content (AvgIpc) is 2.92. The predicted octanol–water partition coefficient (Wildman–Crippen LogP) is 1.88. The van der Waals surface area contributed by atoms with Crippen LogP contribution in [-0.4, -0.2) is 35.6 Å². The maximum absolute atomic E-state index is 12.3. The van der Waals surface area contributed by atoms with E-state index in [0.29, 0.717) is 5.92 Å². The standard InChI is InChI=1S/C14H17NO2S/c1-10-5-6-15(9-10)14(17)13-8-11(2)12(18-13)4-3-7-16/h8,10,16H,5-7,9H2,1-2H3. The number of likely N-dealkylation sites (tertiary alicyclic amines) is 1. The summed E-state index contributed by atoms with van der Waals surface area (Å²) < 4.78 is 0. The zero-order chi connectivity index (χ0) is 13.1. The summed E-state index contributed by atoms with van der Waals surface area (Å²) >= 11 is 1.42. The fraction of sp³-hybridized carbons (Fsp3) is 0.500. The Balaban J connectivity index is 2.16. The van der Waals surface area contributed by atoms with Crippen molar-refractivity contribution in [1.82, 2.24) is 4.90 Å². The molecule has 1 saturated heterocycles. The van der Waals surface area contributed by atoms with Crippen molar-refractivity contribution in [2.24, 2.45) is 5.92 Å². The van der Waals surface area contributed by atoms with E-state index in [9.17, 15) is 4.79 Å². The third-order valence-electron chi connectivity index (χ3n) is 3.12. The molecule has 3 nitrogen and oxygen atoms in total. The summed E-state index contributed by atoms with van der Waals surface area (Å²) in [6.07, 6.45) is 1.09. The van der Waals surface area contributed by atoms with Crippen molar-refractivity contribution in [2.45, 2.75) is 20.3 Å². The molecule has 0 bridgehead atoms. The minimum Gasteiger partial charge on any atom is -0.384 e. The first kappa shape index (κ1) is 13.1. The molecule has 1 aromatic rings. The highest BCUT2D eigenvalue weighted by atomic mass is 32.1. The predicted molar refractivity (Wildman–Crippen MR) is 72.7 cm³/mol. The Morgan fingerprint density at radius 1 is 1.67 bits per heavy atom. The van der Waals surface area contributed by atoms with Crippen molar-refractivity contribution >= 4 is 17.2 Å². The Kier molecular flexibility index (Phi) is 4.05. The Hall–Kier alpha value is -1.31. The molecule has 0 saturated carbocycles. The van der Waals surface area contributed by atoms with Gasteiger partial charge in [-0.3, -0.25) is 4.79 Å². The quantitative estimate of drug-likeness (QED) is 0.786. The van der Waals surface area contributed by atoms with Crippen LogP contribution in [0.3, 0.4) is 0 Å². The largest absolute Gasteiger partial charge is 0.384 e. The van der Waals surface area contributed by atoms with E-state index in [1.54, 1.807) is 0 Å². The van der Waals surface area contributed by atoms with Crippen LogP contribution in [0.4, 0.5) is 0 Å². The molecule has 2 rings (SSSR count). The molecule has 1 amide bonds. The summed E-state index contributed by atoms with van der Waals surface area (Å²) in [5.41, 5.74) is 1.01. The number of aliphatic hydroxyl groups is 1. The van der Waals surface area contributed by atoms with Gasteiger partial charge in [0.25, 0.3) is 5.91 Å². The molecule has 18 heavy (non-hydrogen) atoms. The number of aryl methyl sites for hydroxylation is 1. The summed E-state index contributed by atoms with van der Waals surface area (Å²) in [6.45, 7) is 5.68. The van der Waals surface area contributed by atoms with E-state index < -0.39 is 0 Å². The second kappa shape index (κ2) is 5.55. The number of carbonyl (C=O) groups is 1. The van der Waals surface area contributed by atoms with E-state index in [4.69, 9.17) is 5.11 Å². The van der Waals surface area contributed by atoms with Crippen LogP contribution >= 0.6 is 11.3 Å². The summed E-state index contributed by atoms with van der Waals surface area (Å²) in [5, 5.41) is 8.69. The zero-order valence-corrected chi connectivity index (χ0v) is 11.5. The molecule has 1 aromatic heterocycles. The Morgan fingerprint density at radius 3 is 3.06 bits per heavy atom. The summed E-state index contributed by atoms with van der Waals surface area (Å²) in [5.74, 6) is 6.23. The lowest BCUT2D eigenvalue weighted by molar-refractivity contribution is 0.0793. The van der Waals surface area contributed by atoms with E-state index in [1.165, 1.54) is 11.3 Å². The van der Waals surface area contributed by atoms with Gasteiger partial charge in [0, 0.05) is 13.1 Å². The Morgan fingerprint density at radius 2 is 2.44 bits per heavy atom. The highest BCUT2D eigenvalue weighted by molar-refractivity contribution is 7.14. The van der Waals surface area contributed by atoms with Crippen molar-refractivity contribution in [1.29, 1.82) is 0 Å². The number of amides is 1. The van der Waals surface area contributed by atoms with Gasteiger partial charge in [-0.15, -0.1) is 11.3 Å². The number of thiophene rings is 1. The van der Waals surface area contributed by atoms with Crippen LogP contribution in [0, 0.1) is 24.7 Å². The fourth-order valence-corrected chi connectivity index (χ4v) is 3.12. The van der Waals surface area contributed by atoms with E-state index >= 15 is 0 Å². The average molecular weight is 263 g/mol. The molecule has 1 fully saturated rings. The number of aliphatic hydroxyl groups excluding tert-OH is 1. The lowest BCUT2D eigenvalue weighted by atomic mass is 10.2. The van der Waals surface area contributed by atoms with Gasteiger partial charge in [-0.05, 0) is 30.9 Å². The van der Waals surface area contributed by atoms with Gasteiger partial charge in [-0.25, -0.2) is 0 Å². The first-order valence-electron chi connectivity index (χ1n) is 6.11. The minimum atomic E-state index is -0.149. The third-order valence-corrected chi connectivity index (χ3v) is 4.26. The normalized spacial score (nSPS) is 18.6. The van der Waals surface area contributed by atoms with Crippen LogP contribution in [-0.2, 0) is 0 Å². The van der Waals surface area contributed by atoms with Gasteiger partial charge < -0.3 is 10.0 Å². The molecule has 1 aliphatic rings. The highest BCUT2D eigenvalue weighted by Gasteiger charge is 2.25. The summed E-state index contributed by atoms with van der Waals surface area (Å²) in [4.78, 5) is 15.8. The molecular formula is C14H17NO2S. The van der Waals surface area contributed by atoms with E-state index in [0.717, 1.165) is 34.8 Å². The van der Waals surface area contributed by atoms with Crippen LogP contribution in [0.25, 0.3) is 0 Å². The van der Waals surface area contributed by atoms with Gasteiger partial charge in [0.05, 0.1) is 9.75 Å². The monoisotopic (exact) mass is 263 g/mol. The first-order valence-corrected chi connectivity index (χ1v) is 6.93. The maximum Gasteiger partial charge on any atom is 0.263 e. The first-order chi connectivity index (χ1) is 8.61. The van der Waals surface area contributed by atoms with Crippen LogP contribution < -0.4 is 0 Å². The van der Waals surface area contributed by atoms with Gasteiger partial charge in [-0.2, -0.15) is 0 Å².